The molecule has 0 spiro atoms. The first-order chi connectivity index (χ1) is 9.84. The maximum Gasteiger partial charge on any atom is 0.325 e. The predicted octanol–water partition coefficient (Wildman–Crippen LogP) is -0.669. The van der Waals surface area contributed by atoms with Gasteiger partial charge in [0.05, 0.1) is 17.5 Å². The first-order valence-electron chi connectivity index (χ1n) is 6.38. The van der Waals surface area contributed by atoms with Crippen LogP contribution in [0.25, 0.3) is 0 Å². The van der Waals surface area contributed by atoms with Gasteiger partial charge in [-0.25, -0.2) is 4.21 Å². The lowest BCUT2D eigenvalue weighted by Crippen LogP contribution is -2.44. The highest BCUT2D eigenvalue weighted by molar-refractivity contribution is 7.74. The molecule has 2 heterocycles. The Morgan fingerprint density at radius 3 is 2.86 bits per heavy atom. The van der Waals surface area contributed by atoms with Crippen molar-refractivity contribution in [1.82, 2.24) is 5.32 Å². The van der Waals surface area contributed by atoms with E-state index in [4.69, 9.17) is 13.7 Å². The molecule has 0 aromatic rings. The molecule has 9 heteroatoms. The smallest absolute Gasteiger partial charge is 0.325 e. The fraction of sp³-hybridized carbons (Fsp3) is 0.667. The molecule has 2 rings (SSSR count). The van der Waals surface area contributed by atoms with Crippen molar-refractivity contribution in [1.29, 1.82) is 0 Å². The average Bonchev–Trinajstić information content (AvgIpc) is 2.87. The van der Waals surface area contributed by atoms with E-state index >= 15 is 0 Å². The van der Waals surface area contributed by atoms with Gasteiger partial charge in [0, 0.05) is 12.8 Å². The van der Waals surface area contributed by atoms with Crippen LogP contribution in [0.1, 0.15) is 19.8 Å². The molecular formula is C12H16NO7S-. The summed E-state index contributed by atoms with van der Waals surface area (Å²) in [6.07, 6.45) is 0.273. The van der Waals surface area contributed by atoms with Crippen molar-refractivity contribution in [3.63, 3.8) is 0 Å². The van der Waals surface area contributed by atoms with E-state index in [9.17, 15) is 18.4 Å². The van der Waals surface area contributed by atoms with E-state index in [1.807, 2.05) is 0 Å². The topological polar surface area (TPSA) is 114 Å². The third-order valence-corrected chi connectivity index (χ3v) is 4.04. The number of rotatable bonds is 6. The van der Waals surface area contributed by atoms with E-state index in [1.54, 1.807) is 6.92 Å². The Hall–Kier alpha value is -1.29. The fourth-order valence-electron chi connectivity index (χ4n) is 2.67. The largest absolute Gasteiger partial charge is 0.750 e. The first-order valence-corrected chi connectivity index (χ1v) is 7.38. The van der Waals surface area contributed by atoms with Gasteiger partial charge in [-0.1, -0.05) is 6.58 Å². The van der Waals surface area contributed by atoms with Gasteiger partial charge < -0.3 is 19.3 Å². The minimum Gasteiger partial charge on any atom is -0.750 e. The SMILES string of the molecule is C=CC(=O)NCC(=O)OC1CC2OC1(C)CC2OS(=O)[O-]. The first kappa shape index (κ1) is 16.1. The maximum atomic E-state index is 11.6. The zero-order chi connectivity index (χ0) is 15.6. The van der Waals surface area contributed by atoms with Crippen LogP contribution in [0.4, 0.5) is 0 Å². The number of amides is 1. The molecule has 0 radical (unpaired) electrons. The van der Waals surface area contributed by atoms with E-state index in [-0.39, 0.29) is 6.54 Å². The Bertz CT molecular complexity index is 482. The number of esters is 1. The van der Waals surface area contributed by atoms with Gasteiger partial charge in [0.2, 0.25) is 5.91 Å². The van der Waals surface area contributed by atoms with Crippen molar-refractivity contribution in [3.05, 3.63) is 12.7 Å². The van der Waals surface area contributed by atoms with Crippen LogP contribution in [0.5, 0.6) is 0 Å². The van der Waals surface area contributed by atoms with Gasteiger partial charge in [-0.15, -0.1) is 0 Å². The summed E-state index contributed by atoms with van der Waals surface area (Å²) >= 11 is -2.60. The number of carbonyl (C=O) groups is 2. The van der Waals surface area contributed by atoms with Gasteiger partial charge in [-0.05, 0) is 13.0 Å². The van der Waals surface area contributed by atoms with Crippen LogP contribution in [0.15, 0.2) is 12.7 Å². The van der Waals surface area contributed by atoms with Crippen LogP contribution in [0.2, 0.25) is 0 Å². The highest BCUT2D eigenvalue weighted by Gasteiger charge is 2.58. The highest BCUT2D eigenvalue weighted by atomic mass is 32.2. The van der Waals surface area contributed by atoms with E-state index in [0.717, 1.165) is 6.08 Å². The molecule has 2 saturated heterocycles. The molecule has 21 heavy (non-hydrogen) atoms. The van der Waals surface area contributed by atoms with Crippen LogP contribution in [-0.4, -0.2) is 51.1 Å². The summed E-state index contributed by atoms with van der Waals surface area (Å²) in [5, 5.41) is 2.32. The van der Waals surface area contributed by atoms with Crippen LogP contribution in [-0.2, 0) is 34.6 Å². The summed E-state index contributed by atoms with van der Waals surface area (Å²) in [5.41, 5.74) is -0.771. The van der Waals surface area contributed by atoms with Gasteiger partial charge in [-0.2, -0.15) is 0 Å². The van der Waals surface area contributed by atoms with E-state index in [1.165, 1.54) is 0 Å². The Labute approximate surface area is 124 Å². The normalized spacial score (nSPS) is 35.2. The van der Waals surface area contributed by atoms with E-state index in [2.05, 4.69) is 11.9 Å². The number of nitrogens with one attached hydrogen (secondary N) is 1. The molecule has 5 atom stereocenters. The van der Waals surface area contributed by atoms with Crippen molar-refractivity contribution in [2.75, 3.05) is 6.54 Å². The molecule has 5 unspecified atom stereocenters. The average molecular weight is 318 g/mol. The van der Waals surface area contributed by atoms with Crippen molar-refractivity contribution < 1.29 is 32.0 Å². The zero-order valence-electron chi connectivity index (χ0n) is 11.4. The van der Waals surface area contributed by atoms with Gasteiger partial charge >= 0.3 is 5.97 Å². The van der Waals surface area contributed by atoms with Crippen molar-refractivity contribution in [2.45, 2.75) is 43.7 Å². The lowest BCUT2D eigenvalue weighted by atomic mass is 9.85. The minimum atomic E-state index is -2.60. The van der Waals surface area contributed by atoms with Crippen molar-refractivity contribution in [3.8, 4) is 0 Å². The third kappa shape index (κ3) is 3.67. The molecular weight excluding hydrogens is 302 g/mol. The van der Waals surface area contributed by atoms with Gasteiger partial charge in [-0.3, -0.25) is 13.8 Å². The Morgan fingerprint density at radius 2 is 2.33 bits per heavy atom. The minimum absolute atomic E-state index is 0.257. The van der Waals surface area contributed by atoms with Crippen molar-refractivity contribution in [2.24, 2.45) is 0 Å². The standard InChI is InChI=1S/C12H17NO7S/c1-3-10(14)13-6-11(15)18-9-4-7-8(20-21(16)17)5-12(9,2)19-7/h3,7-9H,1,4-6H2,2H3,(H,13,14)(H,16,17)/p-1. The second kappa shape index (κ2) is 6.22. The number of carbonyl (C=O) groups excluding carboxylic acids is 2. The quantitative estimate of drug-likeness (QED) is 0.392. The van der Waals surface area contributed by atoms with Crippen LogP contribution in [0, 0.1) is 0 Å². The van der Waals surface area contributed by atoms with Crippen LogP contribution >= 0.6 is 0 Å². The van der Waals surface area contributed by atoms with E-state index in [0.29, 0.717) is 12.8 Å². The lowest BCUT2D eigenvalue weighted by molar-refractivity contribution is -0.156. The lowest BCUT2D eigenvalue weighted by Gasteiger charge is -2.31. The van der Waals surface area contributed by atoms with E-state index < -0.39 is 47.2 Å². The fourth-order valence-corrected chi connectivity index (χ4v) is 3.06. The number of hydrogen-bond donors (Lipinski definition) is 1. The van der Waals surface area contributed by atoms with Crippen LogP contribution < -0.4 is 5.32 Å². The molecule has 0 aliphatic carbocycles. The number of ether oxygens (including phenoxy) is 2. The maximum absolute atomic E-state index is 11.6. The molecule has 8 nitrogen and oxygen atoms in total. The van der Waals surface area contributed by atoms with Gasteiger partial charge in [0.15, 0.2) is 0 Å². The molecule has 1 N–H and O–H groups in total. The Morgan fingerprint density at radius 1 is 1.62 bits per heavy atom. The highest BCUT2D eigenvalue weighted by Crippen LogP contribution is 2.46. The van der Waals surface area contributed by atoms with Gasteiger partial charge in [0.1, 0.15) is 24.4 Å². The Balaban J connectivity index is 1.85. The molecule has 118 valence electrons. The molecule has 0 aromatic heterocycles. The number of fused-ring (bicyclic) bond motifs is 2. The monoisotopic (exact) mass is 318 g/mol. The summed E-state index contributed by atoms with van der Waals surface area (Å²) in [6.45, 7) is 4.75. The second-order valence-corrected chi connectivity index (χ2v) is 5.75. The summed E-state index contributed by atoms with van der Waals surface area (Å²) in [7, 11) is 0. The molecule has 2 aliphatic heterocycles. The van der Waals surface area contributed by atoms with Crippen molar-refractivity contribution >= 4 is 23.2 Å². The molecule has 2 aliphatic rings. The molecule has 0 saturated carbocycles. The summed E-state index contributed by atoms with van der Waals surface area (Å²) in [6, 6.07) is 0. The second-order valence-electron chi connectivity index (χ2n) is 5.15. The van der Waals surface area contributed by atoms with Crippen LogP contribution in [0.3, 0.4) is 0 Å². The predicted molar refractivity (Wildman–Crippen MR) is 69.4 cm³/mol. The summed E-state index contributed by atoms with van der Waals surface area (Å²) < 4.78 is 36.8. The molecule has 2 fully saturated rings. The molecule has 0 aromatic carbocycles. The zero-order valence-corrected chi connectivity index (χ0v) is 12.2. The Kier molecular flexibility index (Phi) is 4.77. The molecule has 2 bridgehead atoms. The summed E-state index contributed by atoms with van der Waals surface area (Å²) in [4.78, 5) is 22.6. The van der Waals surface area contributed by atoms with Gasteiger partial charge in [0.25, 0.3) is 0 Å². The summed E-state index contributed by atoms with van der Waals surface area (Å²) in [5.74, 6) is -1.05. The third-order valence-electron chi connectivity index (χ3n) is 3.64. The number of hydrogen-bond acceptors (Lipinski definition) is 7. The molecule has 1 amide bonds.